The minimum Gasteiger partial charge on any atom is -0.385 e. The molecule has 0 spiro atoms. The van der Waals surface area contributed by atoms with Crippen molar-refractivity contribution in [3.63, 3.8) is 0 Å². The Morgan fingerprint density at radius 1 is 1.29 bits per heavy atom. The first-order valence-electron chi connectivity index (χ1n) is 5.83. The smallest absolute Gasteiger partial charge is 0.163 e. The largest absolute Gasteiger partial charge is 0.385 e. The van der Waals surface area contributed by atoms with Gasteiger partial charge in [0.05, 0.1) is 0 Å². The van der Waals surface area contributed by atoms with Crippen LogP contribution in [0.15, 0.2) is 18.2 Å². The van der Waals surface area contributed by atoms with E-state index in [0.717, 1.165) is 32.1 Å². The molecule has 1 aromatic carbocycles. The summed E-state index contributed by atoms with van der Waals surface area (Å²) in [5, 5.41) is 3.16. The standard InChI is InChI=1S/C13H19F2NO/c1-10(16-8-3-4-9-17-2)11-6-5-7-12(14)13(11)15/h5-7,10,16H,3-4,8-9H2,1-2H3. The lowest BCUT2D eigenvalue weighted by Crippen LogP contribution is -2.21. The van der Waals surface area contributed by atoms with Gasteiger partial charge in [0.2, 0.25) is 0 Å². The van der Waals surface area contributed by atoms with E-state index >= 15 is 0 Å². The molecule has 17 heavy (non-hydrogen) atoms. The molecule has 0 aliphatic carbocycles. The van der Waals surface area contributed by atoms with Crippen LogP contribution in [0.5, 0.6) is 0 Å². The minimum absolute atomic E-state index is 0.187. The molecular weight excluding hydrogens is 224 g/mol. The van der Waals surface area contributed by atoms with Gasteiger partial charge in [-0.1, -0.05) is 12.1 Å². The first kappa shape index (κ1) is 14.1. The average Bonchev–Trinajstić information content (AvgIpc) is 2.32. The maximum atomic E-state index is 13.4. The Labute approximate surface area is 101 Å². The van der Waals surface area contributed by atoms with Gasteiger partial charge in [0.25, 0.3) is 0 Å². The van der Waals surface area contributed by atoms with Crippen LogP contribution in [0.2, 0.25) is 0 Å². The zero-order valence-electron chi connectivity index (χ0n) is 10.3. The van der Waals surface area contributed by atoms with Gasteiger partial charge in [-0.2, -0.15) is 0 Å². The van der Waals surface area contributed by atoms with Gasteiger partial charge in [-0.15, -0.1) is 0 Å². The Bertz CT molecular complexity index is 344. The number of ether oxygens (including phenoxy) is 1. The Morgan fingerprint density at radius 3 is 2.76 bits per heavy atom. The van der Waals surface area contributed by atoms with E-state index < -0.39 is 11.6 Å². The molecule has 1 atom stereocenters. The van der Waals surface area contributed by atoms with Gasteiger partial charge in [0, 0.05) is 25.3 Å². The van der Waals surface area contributed by atoms with Crippen LogP contribution in [0, 0.1) is 11.6 Å². The van der Waals surface area contributed by atoms with Crippen LogP contribution < -0.4 is 5.32 Å². The molecule has 1 unspecified atom stereocenters. The summed E-state index contributed by atoms with van der Waals surface area (Å²) >= 11 is 0. The van der Waals surface area contributed by atoms with Crippen molar-refractivity contribution in [1.29, 1.82) is 0 Å². The number of benzene rings is 1. The third-order valence-electron chi connectivity index (χ3n) is 2.67. The van der Waals surface area contributed by atoms with E-state index in [1.165, 1.54) is 6.07 Å². The van der Waals surface area contributed by atoms with Crippen molar-refractivity contribution in [2.45, 2.75) is 25.8 Å². The number of nitrogens with one attached hydrogen (secondary N) is 1. The first-order valence-corrected chi connectivity index (χ1v) is 5.83. The van der Waals surface area contributed by atoms with Crippen LogP contribution in [0.1, 0.15) is 31.4 Å². The number of hydrogen-bond acceptors (Lipinski definition) is 2. The van der Waals surface area contributed by atoms with E-state index in [1.807, 2.05) is 6.92 Å². The summed E-state index contributed by atoms with van der Waals surface area (Å²) in [6, 6.07) is 4.07. The van der Waals surface area contributed by atoms with Crippen molar-refractivity contribution in [3.8, 4) is 0 Å². The Kier molecular flexibility index (Phi) is 6.08. The molecule has 1 rings (SSSR count). The van der Waals surface area contributed by atoms with Crippen molar-refractivity contribution in [2.24, 2.45) is 0 Å². The molecule has 1 aromatic rings. The summed E-state index contributed by atoms with van der Waals surface area (Å²) in [6.07, 6.45) is 1.91. The minimum atomic E-state index is -0.796. The molecule has 0 saturated carbocycles. The molecule has 1 N–H and O–H groups in total. The Hall–Kier alpha value is -1.00. The van der Waals surface area contributed by atoms with Crippen molar-refractivity contribution in [1.82, 2.24) is 5.32 Å². The lowest BCUT2D eigenvalue weighted by atomic mass is 10.1. The number of rotatable bonds is 7. The predicted octanol–water partition coefficient (Wildman–Crippen LogP) is 3.04. The third kappa shape index (κ3) is 4.40. The van der Waals surface area contributed by atoms with Crippen LogP contribution >= 0.6 is 0 Å². The Balaban J connectivity index is 2.41. The van der Waals surface area contributed by atoms with Gasteiger partial charge in [-0.3, -0.25) is 0 Å². The molecule has 0 heterocycles. The number of unbranched alkanes of at least 4 members (excludes halogenated alkanes) is 1. The number of hydrogen-bond donors (Lipinski definition) is 1. The van der Waals surface area contributed by atoms with E-state index in [0.29, 0.717) is 5.56 Å². The highest BCUT2D eigenvalue weighted by Gasteiger charge is 2.13. The second kappa shape index (κ2) is 7.35. The normalized spacial score (nSPS) is 12.7. The zero-order valence-corrected chi connectivity index (χ0v) is 10.3. The van der Waals surface area contributed by atoms with Crippen LogP contribution in [0.25, 0.3) is 0 Å². The maximum Gasteiger partial charge on any atom is 0.163 e. The highest BCUT2D eigenvalue weighted by molar-refractivity contribution is 5.21. The van der Waals surface area contributed by atoms with E-state index in [2.05, 4.69) is 5.32 Å². The highest BCUT2D eigenvalue weighted by Crippen LogP contribution is 2.18. The van der Waals surface area contributed by atoms with Crippen molar-refractivity contribution < 1.29 is 13.5 Å². The monoisotopic (exact) mass is 243 g/mol. The van der Waals surface area contributed by atoms with E-state index in [9.17, 15) is 8.78 Å². The van der Waals surface area contributed by atoms with Crippen LogP contribution in [0.3, 0.4) is 0 Å². The van der Waals surface area contributed by atoms with Gasteiger partial charge in [-0.25, -0.2) is 8.78 Å². The maximum absolute atomic E-state index is 13.4. The molecule has 2 nitrogen and oxygen atoms in total. The lowest BCUT2D eigenvalue weighted by Gasteiger charge is -2.15. The summed E-state index contributed by atoms with van der Waals surface area (Å²) in [4.78, 5) is 0. The molecule has 0 aliphatic rings. The van der Waals surface area contributed by atoms with Crippen molar-refractivity contribution in [2.75, 3.05) is 20.3 Å². The molecule has 4 heteroatoms. The molecule has 0 radical (unpaired) electrons. The average molecular weight is 243 g/mol. The summed E-state index contributed by atoms with van der Waals surface area (Å²) in [7, 11) is 1.66. The molecule has 0 bridgehead atoms. The molecule has 0 saturated heterocycles. The van der Waals surface area contributed by atoms with Crippen molar-refractivity contribution in [3.05, 3.63) is 35.4 Å². The Morgan fingerprint density at radius 2 is 2.06 bits per heavy atom. The number of halogens is 2. The molecular formula is C13H19F2NO. The first-order chi connectivity index (χ1) is 8.16. The second-order valence-electron chi connectivity index (χ2n) is 4.02. The van der Waals surface area contributed by atoms with Gasteiger partial charge < -0.3 is 10.1 Å². The molecule has 0 fully saturated rings. The van der Waals surface area contributed by atoms with E-state index in [4.69, 9.17) is 4.74 Å². The van der Waals surface area contributed by atoms with Crippen molar-refractivity contribution >= 4 is 0 Å². The molecule has 96 valence electrons. The van der Waals surface area contributed by atoms with Gasteiger partial charge >= 0.3 is 0 Å². The van der Waals surface area contributed by atoms with Gasteiger partial charge in [0.15, 0.2) is 11.6 Å². The van der Waals surface area contributed by atoms with E-state index in [1.54, 1.807) is 13.2 Å². The zero-order chi connectivity index (χ0) is 12.7. The molecule has 0 aliphatic heterocycles. The summed E-state index contributed by atoms with van der Waals surface area (Å²) in [6.45, 7) is 3.32. The van der Waals surface area contributed by atoms with Gasteiger partial charge in [-0.05, 0) is 32.4 Å². The topological polar surface area (TPSA) is 21.3 Å². The summed E-state index contributed by atoms with van der Waals surface area (Å²) in [5.74, 6) is -1.56. The lowest BCUT2D eigenvalue weighted by molar-refractivity contribution is 0.192. The summed E-state index contributed by atoms with van der Waals surface area (Å²) < 4.78 is 31.4. The van der Waals surface area contributed by atoms with Crippen LogP contribution in [-0.4, -0.2) is 20.3 Å². The molecule has 0 aromatic heterocycles. The fraction of sp³-hybridized carbons (Fsp3) is 0.538. The number of methoxy groups -OCH3 is 1. The fourth-order valence-corrected chi connectivity index (χ4v) is 1.65. The molecule has 0 amide bonds. The van der Waals surface area contributed by atoms with Crippen LogP contribution in [0.4, 0.5) is 8.78 Å². The highest BCUT2D eigenvalue weighted by atomic mass is 19.2. The quantitative estimate of drug-likeness (QED) is 0.743. The van der Waals surface area contributed by atoms with Gasteiger partial charge in [0.1, 0.15) is 0 Å². The summed E-state index contributed by atoms with van der Waals surface area (Å²) in [5.41, 5.74) is 0.372. The fourth-order valence-electron chi connectivity index (χ4n) is 1.65. The second-order valence-corrected chi connectivity index (χ2v) is 4.02. The SMILES string of the molecule is COCCCCNC(C)c1cccc(F)c1F. The third-order valence-corrected chi connectivity index (χ3v) is 2.67. The predicted molar refractivity (Wildman–Crippen MR) is 63.9 cm³/mol. The van der Waals surface area contributed by atoms with Crippen LogP contribution in [-0.2, 0) is 4.74 Å². The van der Waals surface area contributed by atoms with E-state index in [-0.39, 0.29) is 6.04 Å².